The summed E-state index contributed by atoms with van der Waals surface area (Å²) in [6, 6.07) is 7.49. The lowest BCUT2D eigenvalue weighted by Crippen LogP contribution is -2.17. The molecule has 6 nitrogen and oxygen atoms in total. The van der Waals surface area contributed by atoms with Crippen molar-refractivity contribution >= 4 is 28.3 Å². The van der Waals surface area contributed by atoms with E-state index in [1.807, 2.05) is 0 Å². The molecule has 1 aliphatic heterocycles. The minimum atomic E-state index is -4.92. The number of aromatic carboxylic acids is 1. The molecule has 0 unspecified atom stereocenters. The highest BCUT2D eigenvalue weighted by Crippen LogP contribution is 2.39. The Hall–Kier alpha value is -3.36. The summed E-state index contributed by atoms with van der Waals surface area (Å²) in [4.78, 5) is 23.1. The third-order valence-corrected chi connectivity index (χ3v) is 4.01. The van der Waals surface area contributed by atoms with Gasteiger partial charge in [0.15, 0.2) is 5.69 Å². The number of anilines is 1. The normalized spacial score (nSPS) is 13.3. The topological polar surface area (TPSA) is 84.2 Å². The molecule has 0 saturated carbocycles. The summed E-state index contributed by atoms with van der Waals surface area (Å²) in [5.41, 5.74) is -1.45. The molecule has 0 spiro atoms. The second-order valence-corrected chi connectivity index (χ2v) is 5.44. The van der Waals surface area contributed by atoms with Crippen LogP contribution in [0.2, 0.25) is 0 Å². The average Bonchev–Trinajstić information content (AvgIpc) is 3.11. The molecule has 0 saturated heterocycles. The standard InChI is InChI=1S/C16H8F3N3O3/c17-16(18,19)13-9(15(24)25)6-20-22(13)11-5-4-10-12-7(11)2-1-3-8(12)14(23)21-10/h1-6H,(H,21,23)(H,24,25). The van der Waals surface area contributed by atoms with Crippen LogP contribution in [-0.2, 0) is 6.18 Å². The Balaban J connectivity index is 2.07. The van der Waals surface area contributed by atoms with Gasteiger partial charge in [0.1, 0.15) is 5.56 Å². The van der Waals surface area contributed by atoms with Crippen molar-refractivity contribution in [3.8, 4) is 5.69 Å². The number of nitrogens with zero attached hydrogens (tertiary/aromatic N) is 2. The third-order valence-electron chi connectivity index (χ3n) is 4.01. The van der Waals surface area contributed by atoms with E-state index in [4.69, 9.17) is 5.11 Å². The molecule has 2 heterocycles. The number of hydrogen-bond donors (Lipinski definition) is 2. The maximum atomic E-state index is 13.4. The fourth-order valence-corrected chi connectivity index (χ4v) is 3.02. The molecule has 0 aliphatic carbocycles. The summed E-state index contributed by atoms with van der Waals surface area (Å²) in [5.74, 6) is -2.07. The van der Waals surface area contributed by atoms with Crippen LogP contribution in [0.5, 0.6) is 0 Å². The maximum Gasteiger partial charge on any atom is 0.434 e. The quantitative estimate of drug-likeness (QED) is 0.745. The predicted octanol–water partition coefficient (Wildman–Crippen LogP) is 3.31. The molecule has 3 aromatic rings. The van der Waals surface area contributed by atoms with Gasteiger partial charge in [-0.3, -0.25) is 4.79 Å². The van der Waals surface area contributed by atoms with Crippen LogP contribution >= 0.6 is 0 Å². The molecule has 126 valence electrons. The van der Waals surface area contributed by atoms with Crippen molar-refractivity contribution < 1.29 is 27.9 Å². The van der Waals surface area contributed by atoms with E-state index < -0.39 is 23.4 Å². The zero-order valence-electron chi connectivity index (χ0n) is 12.3. The number of rotatable bonds is 2. The highest BCUT2D eigenvalue weighted by Gasteiger charge is 2.41. The summed E-state index contributed by atoms with van der Waals surface area (Å²) in [6.45, 7) is 0. The third kappa shape index (κ3) is 2.09. The van der Waals surface area contributed by atoms with Crippen molar-refractivity contribution in [2.75, 3.05) is 5.32 Å². The van der Waals surface area contributed by atoms with Crippen molar-refractivity contribution in [1.29, 1.82) is 0 Å². The highest BCUT2D eigenvalue weighted by molar-refractivity contribution is 6.25. The van der Waals surface area contributed by atoms with Crippen molar-refractivity contribution in [2.24, 2.45) is 0 Å². The molecule has 1 amide bonds. The number of carboxylic acids is 1. The molecule has 2 N–H and O–H groups in total. The van der Waals surface area contributed by atoms with E-state index in [0.29, 0.717) is 32.9 Å². The van der Waals surface area contributed by atoms with E-state index >= 15 is 0 Å². The van der Waals surface area contributed by atoms with Gasteiger partial charge in [0.25, 0.3) is 5.91 Å². The fraction of sp³-hybridized carbons (Fsp3) is 0.0625. The smallest absolute Gasteiger partial charge is 0.434 e. The van der Waals surface area contributed by atoms with E-state index in [0.717, 1.165) is 0 Å². The van der Waals surface area contributed by atoms with Gasteiger partial charge in [-0.2, -0.15) is 18.3 Å². The lowest BCUT2D eigenvalue weighted by molar-refractivity contribution is -0.143. The van der Waals surface area contributed by atoms with Crippen LogP contribution in [0.25, 0.3) is 16.5 Å². The van der Waals surface area contributed by atoms with E-state index in [2.05, 4.69) is 10.4 Å². The first-order chi connectivity index (χ1) is 11.8. The predicted molar refractivity (Wildman–Crippen MR) is 81.0 cm³/mol. The summed E-state index contributed by atoms with van der Waals surface area (Å²) in [6.07, 6.45) is -4.25. The Morgan fingerprint density at radius 1 is 1.20 bits per heavy atom. The second kappa shape index (κ2) is 4.82. The van der Waals surface area contributed by atoms with Crippen LogP contribution < -0.4 is 5.32 Å². The molecular weight excluding hydrogens is 339 g/mol. The Labute approximate surface area is 137 Å². The number of amides is 1. The average molecular weight is 347 g/mol. The van der Waals surface area contributed by atoms with Gasteiger partial charge in [0.2, 0.25) is 0 Å². The van der Waals surface area contributed by atoms with Gasteiger partial charge in [-0.15, -0.1) is 0 Å². The van der Waals surface area contributed by atoms with Crippen molar-refractivity contribution in [3.63, 3.8) is 0 Å². The van der Waals surface area contributed by atoms with Crippen molar-refractivity contribution in [3.05, 3.63) is 53.3 Å². The van der Waals surface area contributed by atoms with Gasteiger partial charge >= 0.3 is 12.1 Å². The van der Waals surface area contributed by atoms with Crippen LogP contribution in [0.3, 0.4) is 0 Å². The Bertz CT molecular complexity index is 1070. The molecule has 4 rings (SSSR count). The highest BCUT2D eigenvalue weighted by atomic mass is 19.4. The van der Waals surface area contributed by atoms with Gasteiger partial charge in [-0.05, 0) is 18.2 Å². The van der Waals surface area contributed by atoms with Crippen molar-refractivity contribution in [2.45, 2.75) is 6.18 Å². The lowest BCUT2D eigenvalue weighted by atomic mass is 10.0. The van der Waals surface area contributed by atoms with E-state index in [-0.39, 0.29) is 11.6 Å². The first-order valence-electron chi connectivity index (χ1n) is 7.05. The number of aromatic nitrogens is 2. The van der Waals surface area contributed by atoms with E-state index in [9.17, 15) is 22.8 Å². The number of hydrogen-bond acceptors (Lipinski definition) is 3. The molecule has 2 aromatic carbocycles. The van der Waals surface area contributed by atoms with Crippen LogP contribution in [0.1, 0.15) is 26.4 Å². The summed E-state index contributed by atoms with van der Waals surface area (Å²) >= 11 is 0. The molecular formula is C16H8F3N3O3. The summed E-state index contributed by atoms with van der Waals surface area (Å²) in [5, 5.41) is 16.1. The van der Waals surface area contributed by atoms with Crippen LogP contribution in [-0.4, -0.2) is 26.8 Å². The largest absolute Gasteiger partial charge is 0.478 e. The molecule has 0 bridgehead atoms. The number of benzene rings is 2. The van der Waals surface area contributed by atoms with Gasteiger partial charge < -0.3 is 10.4 Å². The Kier molecular flexibility index (Phi) is 2.93. The molecule has 25 heavy (non-hydrogen) atoms. The Morgan fingerprint density at radius 3 is 2.64 bits per heavy atom. The Morgan fingerprint density at radius 2 is 1.96 bits per heavy atom. The van der Waals surface area contributed by atoms with E-state index in [1.54, 1.807) is 18.2 Å². The van der Waals surface area contributed by atoms with E-state index in [1.165, 1.54) is 12.1 Å². The molecule has 1 aromatic heterocycles. The minimum absolute atomic E-state index is 0.0388. The van der Waals surface area contributed by atoms with Crippen LogP contribution in [0.4, 0.5) is 18.9 Å². The molecule has 1 aliphatic rings. The van der Waals surface area contributed by atoms with Gasteiger partial charge in [-0.25, -0.2) is 9.48 Å². The van der Waals surface area contributed by atoms with Gasteiger partial charge in [0, 0.05) is 22.0 Å². The van der Waals surface area contributed by atoms with Gasteiger partial charge in [-0.1, -0.05) is 12.1 Å². The van der Waals surface area contributed by atoms with Gasteiger partial charge in [0.05, 0.1) is 11.9 Å². The lowest BCUT2D eigenvalue weighted by Gasteiger charge is -2.14. The molecule has 0 radical (unpaired) electrons. The maximum absolute atomic E-state index is 13.4. The SMILES string of the molecule is O=C(O)c1cnn(-c2ccc3c4c(cccc24)C(=O)N3)c1C(F)(F)F. The monoisotopic (exact) mass is 347 g/mol. The first kappa shape index (κ1) is 15.2. The summed E-state index contributed by atoms with van der Waals surface area (Å²) in [7, 11) is 0. The number of carboxylic acid groups (broad SMARTS) is 1. The molecule has 0 atom stereocenters. The molecule has 0 fully saturated rings. The molecule has 9 heteroatoms. The fourth-order valence-electron chi connectivity index (χ4n) is 3.02. The zero-order valence-corrected chi connectivity index (χ0v) is 12.3. The number of halogens is 3. The number of alkyl halides is 3. The zero-order chi connectivity index (χ0) is 17.9. The summed E-state index contributed by atoms with van der Waals surface area (Å²) < 4.78 is 40.8. The number of carbonyl (C=O) groups excluding carboxylic acids is 1. The second-order valence-electron chi connectivity index (χ2n) is 5.44. The number of nitrogens with one attached hydrogen (secondary N) is 1. The van der Waals surface area contributed by atoms with Crippen LogP contribution in [0, 0.1) is 0 Å². The minimum Gasteiger partial charge on any atom is -0.478 e. The number of carbonyl (C=O) groups is 2. The first-order valence-corrected chi connectivity index (χ1v) is 7.05. The van der Waals surface area contributed by atoms with Crippen LogP contribution in [0.15, 0.2) is 36.5 Å². The van der Waals surface area contributed by atoms with Crippen molar-refractivity contribution in [1.82, 2.24) is 9.78 Å².